The van der Waals surface area contributed by atoms with Crippen molar-refractivity contribution >= 4 is 23.8 Å². The lowest BCUT2D eigenvalue weighted by atomic mass is 9.93. The van der Waals surface area contributed by atoms with Gasteiger partial charge >= 0.3 is 6.09 Å². The van der Waals surface area contributed by atoms with Crippen molar-refractivity contribution < 1.29 is 18.7 Å². The van der Waals surface area contributed by atoms with Gasteiger partial charge in [0.05, 0.1) is 6.04 Å². The van der Waals surface area contributed by atoms with E-state index in [0.717, 1.165) is 35.5 Å². The van der Waals surface area contributed by atoms with Gasteiger partial charge in [-0.1, -0.05) is 0 Å². The smallest absolute Gasteiger partial charge is 0.410 e. The lowest BCUT2D eigenvalue weighted by Crippen LogP contribution is -2.42. The number of nitrogens with zero attached hydrogens (tertiary/aromatic N) is 1. The molecule has 1 atom stereocenters. The third kappa shape index (κ3) is 5.63. The van der Waals surface area contributed by atoms with Crippen LogP contribution >= 0.6 is 11.8 Å². The monoisotopic (exact) mass is 408 g/mol. The van der Waals surface area contributed by atoms with E-state index in [1.165, 1.54) is 12.1 Å². The fourth-order valence-electron chi connectivity index (χ4n) is 3.68. The van der Waals surface area contributed by atoms with Crippen molar-refractivity contribution in [3.8, 4) is 0 Å². The Morgan fingerprint density at radius 1 is 1.25 bits per heavy atom. The Balaban J connectivity index is 1.48. The summed E-state index contributed by atoms with van der Waals surface area (Å²) in [6.07, 6.45) is 2.55. The van der Waals surface area contributed by atoms with Gasteiger partial charge in [-0.3, -0.25) is 4.79 Å². The van der Waals surface area contributed by atoms with E-state index >= 15 is 0 Å². The molecule has 28 heavy (non-hydrogen) atoms. The van der Waals surface area contributed by atoms with Gasteiger partial charge in [0.15, 0.2) is 0 Å². The van der Waals surface area contributed by atoms with Crippen LogP contribution in [0, 0.1) is 11.7 Å². The molecule has 2 amide bonds. The largest absolute Gasteiger partial charge is 0.444 e. The summed E-state index contributed by atoms with van der Waals surface area (Å²) >= 11 is 1.70. The van der Waals surface area contributed by atoms with Gasteiger partial charge in [-0.05, 0) is 69.7 Å². The summed E-state index contributed by atoms with van der Waals surface area (Å²) in [6, 6.07) is 4.67. The van der Waals surface area contributed by atoms with E-state index in [9.17, 15) is 14.0 Å². The Morgan fingerprint density at radius 2 is 1.96 bits per heavy atom. The van der Waals surface area contributed by atoms with Crippen LogP contribution < -0.4 is 5.32 Å². The maximum absolute atomic E-state index is 13.6. The van der Waals surface area contributed by atoms with Gasteiger partial charge in [0.2, 0.25) is 5.91 Å². The van der Waals surface area contributed by atoms with Crippen LogP contribution in [0.2, 0.25) is 0 Å². The van der Waals surface area contributed by atoms with Gasteiger partial charge in [0.25, 0.3) is 0 Å². The molecule has 0 aromatic heterocycles. The van der Waals surface area contributed by atoms with Crippen LogP contribution in [0.15, 0.2) is 23.1 Å². The summed E-state index contributed by atoms with van der Waals surface area (Å²) in [5.74, 6) is 0.902. The molecule has 2 heterocycles. The highest BCUT2D eigenvalue weighted by Gasteiger charge is 2.29. The van der Waals surface area contributed by atoms with Crippen LogP contribution in [0.4, 0.5) is 9.18 Å². The summed E-state index contributed by atoms with van der Waals surface area (Å²) < 4.78 is 19.0. The number of piperidine rings is 1. The minimum atomic E-state index is -0.498. The molecule has 154 valence electrons. The number of halogens is 1. The molecule has 1 saturated heterocycles. The van der Waals surface area contributed by atoms with Crippen molar-refractivity contribution in [1.29, 1.82) is 0 Å². The molecule has 2 aliphatic heterocycles. The number of carbonyl (C=O) groups is 2. The zero-order valence-corrected chi connectivity index (χ0v) is 17.6. The second-order valence-corrected chi connectivity index (χ2v) is 9.69. The molecule has 7 heteroatoms. The molecule has 2 aliphatic rings. The third-order valence-corrected chi connectivity index (χ3v) is 6.21. The van der Waals surface area contributed by atoms with Crippen molar-refractivity contribution in [2.24, 2.45) is 5.92 Å². The Hall–Kier alpha value is -1.76. The zero-order valence-electron chi connectivity index (χ0n) is 16.8. The highest BCUT2D eigenvalue weighted by Crippen LogP contribution is 2.36. The fraction of sp³-hybridized carbons (Fsp3) is 0.619. The number of likely N-dealkylation sites (tertiary alicyclic amines) is 1. The molecular formula is C21H29FN2O3S. The first-order valence-corrected chi connectivity index (χ1v) is 10.9. The molecule has 0 spiro atoms. The average molecular weight is 409 g/mol. The van der Waals surface area contributed by atoms with E-state index < -0.39 is 5.60 Å². The van der Waals surface area contributed by atoms with Crippen molar-refractivity contribution in [1.82, 2.24) is 10.2 Å². The highest BCUT2D eigenvalue weighted by atomic mass is 32.2. The first-order valence-electron chi connectivity index (χ1n) is 9.91. The lowest BCUT2D eigenvalue weighted by Gasteiger charge is -2.33. The number of thioether (sulfide) groups is 1. The number of benzene rings is 1. The summed E-state index contributed by atoms with van der Waals surface area (Å²) in [6.45, 7) is 6.79. The molecule has 0 saturated carbocycles. The fourth-order valence-corrected chi connectivity index (χ4v) is 4.78. The summed E-state index contributed by atoms with van der Waals surface area (Å²) in [4.78, 5) is 27.5. The van der Waals surface area contributed by atoms with Crippen LogP contribution in [0.1, 0.15) is 58.1 Å². The Morgan fingerprint density at radius 3 is 2.64 bits per heavy atom. The molecule has 5 nitrogen and oxygen atoms in total. The minimum absolute atomic E-state index is 0.00262. The predicted molar refractivity (Wildman–Crippen MR) is 108 cm³/mol. The van der Waals surface area contributed by atoms with Crippen LogP contribution in [0.3, 0.4) is 0 Å². The predicted octanol–water partition coefficient (Wildman–Crippen LogP) is 4.52. The molecule has 3 rings (SSSR count). The van der Waals surface area contributed by atoms with Crippen molar-refractivity contribution in [2.45, 2.75) is 63.0 Å². The molecule has 1 unspecified atom stereocenters. The number of carbonyl (C=O) groups excluding carboxylic acids is 2. The van der Waals surface area contributed by atoms with Gasteiger partial charge in [0.1, 0.15) is 11.4 Å². The lowest BCUT2D eigenvalue weighted by molar-refractivity contribution is -0.123. The van der Waals surface area contributed by atoms with E-state index in [1.807, 2.05) is 20.8 Å². The van der Waals surface area contributed by atoms with Crippen LogP contribution in [-0.2, 0) is 9.53 Å². The maximum Gasteiger partial charge on any atom is 0.410 e. The highest BCUT2D eigenvalue weighted by molar-refractivity contribution is 7.99. The number of ether oxygens (including phenoxy) is 1. The van der Waals surface area contributed by atoms with Crippen molar-refractivity contribution in [3.63, 3.8) is 0 Å². The molecule has 1 fully saturated rings. The Bertz CT molecular complexity index is 727. The zero-order chi connectivity index (χ0) is 20.3. The van der Waals surface area contributed by atoms with Gasteiger partial charge in [-0.25, -0.2) is 9.18 Å². The van der Waals surface area contributed by atoms with Crippen LogP contribution in [0.5, 0.6) is 0 Å². The average Bonchev–Trinajstić information content (AvgIpc) is 2.61. The molecule has 0 aliphatic carbocycles. The molecule has 1 aromatic carbocycles. The summed E-state index contributed by atoms with van der Waals surface area (Å²) in [5, 5.41) is 3.09. The number of hydrogen-bond acceptors (Lipinski definition) is 4. The van der Waals surface area contributed by atoms with Gasteiger partial charge in [0, 0.05) is 30.2 Å². The topological polar surface area (TPSA) is 58.6 Å². The number of amides is 2. The first-order chi connectivity index (χ1) is 13.2. The second kappa shape index (κ2) is 8.72. The molecule has 0 bridgehead atoms. The normalized spacial score (nSPS) is 20.4. The number of fused-ring (bicyclic) bond motifs is 1. The van der Waals surface area contributed by atoms with E-state index in [1.54, 1.807) is 22.7 Å². The first kappa shape index (κ1) is 21.0. The second-order valence-electron chi connectivity index (χ2n) is 8.55. The standard InChI is InChI=1S/C21H29FN2O3S/c1-21(2,3)27-20(26)24-9-6-14(7-10-24)12-19(25)23-17-8-11-28-18-5-4-15(22)13-16(17)18/h4-5,13-14,17H,6-12H2,1-3H3,(H,23,25). The number of hydrogen-bond donors (Lipinski definition) is 1. The summed E-state index contributed by atoms with van der Waals surface area (Å²) in [7, 11) is 0. The molecule has 1 N–H and O–H groups in total. The van der Waals surface area contributed by atoms with E-state index in [0.29, 0.717) is 19.5 Å². The minimum Gasteiger partial charge on any atom is -0.444 e. The van der Waals surface area contributed by atoms with Gasteiger partial charge in [-0.2, -0.15) is 0 Å². The van der Waals surface area contributed by atoms with Crippen LogP contribution in [-0.4, -0.2) is 41.3 Å². The Labute approximate surface area is 170 Å². The van der Waals surface area contributed by atoms with Gasteiger partial charge < -0.3 is 15.0 Å². The summed E-state index contributed by atoms with van der Waals surface area (Å²) in [5.41, 5.74) is 0.381. The van der Waals surface area contributed by atoms with E-state index in [2.05, 4.69) is 5.32 Å². The van der Waals surface area contributed by atoms with Crippen molar-refractivity contribution in [3.05, 3.63) is 29.6 Å². The maximum atomic E-state index is 13.6. The van der Waals surface area contributed by atoms with Crippen molar-refractivity contribution in [2.75, 3.05) is 18.8 Å². The van der Waals surface area contributed by atoms with E-state index in [4.69, 9.17) is 4.74 Å². The van der Waals surface area contributed by atoms with E-state index in [-0.39, 0.29) is 29.8 Å². The number of rotatable bonds is 3. The Kier molecular flexibility index (Phi) is 6.53. The SMILES string of the molecule is CC(C)(C)OC(=O)N1CCC(CC(=O)NC2CCSc3ccc(F)cc32)CC1. The molecular weight excluding hydrogens is 379 g/mol. The quantitative estimate of drug-likeness (QED) is 0.799. The molecule has 1 aromatic rings. The van der Waals surface area contributed by atoms with Gasteiger partial charge in [-0.15, -0.1) is 11.8 Å². The third-order valence-electron chi connectivity index (χ3n) is 5.09. The van der Waals surface area contributed by atoms with Crippen LogP contribution in [0.25, 0.3) is 0 Å². The molecule has 0 radical (unpaired) electrons. The number of nitrogens with one attached hydrogen (secondary N) is 1.